The van der Waals surface area contributed by atoms with Gasteiger partial charge in [-0.15, -0.1) is 11.8 Å². The van der Waals surface area contributed by atoms with Crippen LogP contribution in [0.1, 0.15) is 70.7 Å². The molecule has 3 aromatic rings. The second-order valence-corrected chi connectivity index (χ2v) is 15.3. The first kappa shape index (κ1) is 47.1. The number of benzene rings is 3. The van der Waals surface area contributed by atoms with Crippen LogP contribution in [-0.2, 0) is 47.7 Å². The van der Waals surface area contributed by atoms with Crippen LogP contribution in [-0.4, -0.2) is 89.3 Å². The van der Waals surface area contributed by atoms with Crippen molar-refractivity contribution in [1.29, 1.82) is 0 Å². The number of hydrogen-bond donors (Lipinski definition) is 4. The number of aliphatic carboxylic acids is 1. The number of esters is 3. The molecule has 0 spiro atoms. The number of rotatable bonds is 16. The van der Waals surface area contributed by atoms with Gasteiger partial charge in [-0.05, 0) is 70.4 Å². The molecule has 0 fully saturated rings. The van der Waals surface area contributed by atoms with Gasteiger partial charge >= 0.3 is 23.9 Å². The quantitative estimate of drug-likeness (QED) is 0.0640. The molecule has 0 aliphatic heterocycles. The van der Waals surface area contributed by atoms with Crippen molar-refractivity contribution in [1.82, 2.24) is 10.6 Å². The highest BCUT2D eigenvalue weighted by atomic mass is 32.2. The van der Waals surface area contributed by atoms with Crippen molar-refractivity contribution < 1.29 is 52.8 Å². The van der Waals surface area contributed by atoms with Crippen molar-refractivity contribution in [3.63, 3.8) is 0 Å². The van der Waals surface area contributed by atoms with Gasteiger partial charge in [-0.2, -0.15) is 12.6 Å². The Balaban J connectivity index is 0.000000610. The molecule has 15 heteroatoms. The van der Waals surface area contributed by atoms with Crippen LogP contribution in [0, 0.1) is 6.92 Å². The Morgan fingerprint density at radius 1 is 0.714 bits per heavy atom. The van der Waals surface area contributed by atoms with Crippen molar-refractivity contribution in [2.75, 3.05) is 18.6 Å². The average molecular weight is 813 g/mol. The summed E-state index contributed by atoms with van der Waals surface area (Å²) in [4.78, 5) is 70.3. The summed E-state index contributed by atoms with van der Waals surface area (Å²) in [6.45, 7) is 12.5. The number of aryl methyl sites for hydroxylation is 1. The second kappa shape index (κ2) is 21.9. The largest absolute Gasteiger partial charge is 0.497 e. The van der Waals surface area contributed by atoms with Gasteiger partial charge in [-0.3, -0.25) is 9.59 Å². The molecule has 0 aliphatic carbocycles. The maximum absolute atomic E-state index is 13.3. The smallest absolute Gasteiger partial charge is 0.347 e. The molecule has 5 atom stereocenters. The average Bonchev–Trinajstić information content (AvgIpc) is 3.14. The topological polar surface area (TPSA) is 184 Å². The Bertz CT molecular complexity index is 1780. The predicted octanol–water partition coefficient (Wildman–Crippen LogP) is 5.24. The molecule has 0 radical (unpaired) electrons. The van der Waals surface area contributed by atoms with Gasteiger partial charge in [0, 0.05) is 25.4 Å². The van der Waals surface area contributed by atoms with E-state index in [-0.39, 0.29) is 17.4 Å². The number of carboxylic acid groups (broad SMARTS) is 1. The molecular formula is C41H52N2O11S2. The molecule has 0 aromatic heterocycles. The van der Waals surface area contributed by atoms with Crippen LogP contribution < -0.4 is 15.4 Å². The first-order chi connectivity index (χ1) is 26.2. The summed E-state index contributed by atoms with van der Waals surface area (Å²) in [6.07, 6.45) is -2.38. The van der Waals surface area contributed by atoms with Gasteiger partial charge in [0.15, 0.2) is 12.2 Å². The number of nitrogens with one attached hydrogen (secondary N) is 2. The number of ether oxygens (including phenoxy) is 4. The molecule has 2 amide bonds. The highest BCUT2D eigenvalue weighted by molar-refractivity contribution is 8.00. The Kier molecular flexibility index (Phi) is 18.4. The van der Waals surface area contributed by atoms with Crippen LogP contribution in [0.2, 0.25) is 0 Å². The maximum Gasteiger partial charge on any atom is 0.347 e. The molecule has 13 nitrogen and oxygen atoms in total. The van der Waals surface area contributed by atoms with Gasteiger partial charge in [0.25, 0.3) is 0 Å². The first-order valence-corrected chi connectivity index (χ1v) is 19.3. The van der Waals surface area contributed by atoms with Crippen LogP contribution in [0.5, 0.6) is 5.75 Å². The number of thioether (sulfide) groups is 1. The minimum atomic E-state index is -1.25. The minimum Gasteiger partial charge on any atom is -0.497 e. The molecule has 0 bridgehead atoms. The van der Waals surface area contributed by atoms with Crippen LogP contribution in [0.25, 0.3) is 0 Å². The molecule has 1 unspecified atom stereocenters. The van der Waals surface area contributed by atoms with E-state index < -0.39 is 64.4 Å². The molecule has 0 aliphatic rings. The normalized spacial score (nSPS) is 14.1. The van der Waals surface area contributed by atoms with Gasteiger partial charge in [-0.25, -0.2) is 19.2 Å². The Morgan fingerprint density at radius 2 is 1.18 bits per heavy atom. The van der Waals surface area contributed by atoms with Crippen molar-refractivity contribution in [3.8, 4) is 5.75 Å². The summed E-state index contributed by atoms with van der Waals surface area (Å²) < 4.78 is 20.1. The molecule has 3 N–H and O–H groups in total. The summed E-state index contributed by atoms with van der Waals surface area (Å²) in [5.74, 6) is -3.29. The van der Waals surface area contributed by atoms with E-state index in [9.17, 15) is 28.8 Å². The van der Waals surface area contributed by atoms with E-state index in [4.69, 9.17) is 19.3 Å². The summed E-state index contributed by atoms with van der Waals surface area (Å²) in [7, 11) is 1.62. The van der Waals surface area contributed by atoms with E-state index in [2.05, 4.69) is 52.3 Å². The number of methoxy groups -OCH3 is 1. The molecule has 3 rings (SSSR count). The molecule has 0 heterocycles. The predicted molar refractivity (Wildman–Crippen MR) is 217 cm³/mol. The van der Waals surface area contributed by atoms with E-state index in [0.29, 0.717) is 0 Å². The van der Waals surface area contributed by atoms with Crippen LogP contribution >= 0.6 is 24.4 Å². The standard InChI is InChI=1S/C33H39NO6S.C8H13NO5S/c1-22-13-15-26(16-14-22)33(25-11-9-8-10-12-25,27-17-19-28(38-7)20-18-27)41-21-29(34-24(3)35)31(37)39-23(2)30(36)40-32(4,5)6;1-4(7(11)12)14-8(13)6(3-15)9-5(2)10/h8-20,23,29H,21H2,1-7H3,(H,34,35);4,6,15H,3H2,1-2H3,(H,9,10)(H,11,12)/t23-,29+,33?;4-,6+/m11/s1. The van der Waals surface area contributed by atoms with E-state index >= 15 is 0 Å². The fourth-order valence-electron chi connectivity index (χ4n) is 5.08. The highest BCUT2D eigenvalue weighted by Crippen LogP contribution is 2.49. The number of amides is 2. The number of hydrogen-bond acceptors (Lipinski definition) is 12. The highest BCUT2D eigenvalue weighted by Gasteiger charge is 2.39. The molecule has 56 heavy (non-hydrogen) atoms. The fraction of sp³-hybridized carbons (Fsp3) is 0.415. The Labute approximate surface area is 338 Å². The first-order valence-electron chi connectivity index (χ1n) is 17.7. The van der Waals surface area contributed by atoms with E-state index in [1.165, 1.54) is 39.5 Å². The van der Waals surface area contributed by atoms with Crippen LogP contribution in [0.3, 0.4) is 0 Å². The Hall–Kier alpha value is -5.02. The zero-order valence-corrected chi connectivity index (χ0v) is 34.8. The van der Waals surface area contributed by atoms with Gasteiger partial charge in [0.05, 0.1) is 11.9 Å². The zero-order chi connectivity index (χ0) is 42.2. The van der Waals surface area contributed by atoms with Gasteiger partial charge in [0.2, 0.25) is 11.8 Å². The van der Waals surface area contributed by atoms with Crippen molar-refractivity contribution in [2.24, 2.45) is 0 Å². The van der Waals surface area contributed by atoms with Crippen molar-refractivity contribution in [3.05, 3.63) is 101 Å². The maximum atomic E-state index is 13.3. The van der Waals surface area contributed by atoms with E-state index in [1.54, 1.807) is 27.9 Å². The lowest BCUT2D eigenvalue weighted by atomic mass is 9.83. The molecular weight excluding hydrogens is 761 g/mol. The molecule has 3 aromatic carbocycles. The van der Waals surface area contributed by atoms with E-state index in [0.717, 1.165) is 28.0 Å². The Morgan fingerprint density at radius 3 is 1.64 bits per heavy atom. The van der Waals surface area contributed by atoms with Crippen molar-refractivity contribution >= 4 is 60.1 Å². The van der Waals surface area contributed by atoms with Crippen LogP contribution in [0.4, 0.5) is 0 Å². The zero-order valence-electron chi connectivity index (χ0n) is 33.1. The van der Waals surface area contributed by atoms with Gasteiger partial charge in [0.1, 0.15) is 23.4 Å². The second-order valence-electron chi connectivity index (χ2n) is 13.7. The summed E-state index contributed by atoms with van der Waals surface area (Å²) in [6, 6.07) is 24.2. The lowest BCUT2D eigenvalue weighted by molar-refractivity contribution is -0.175. The van der Waals surface area contributed by atoms with Crippen molar-refractivity contribution in [2.45, 2.75) is 90.0 Å². The number of carbonyl (C=O) groups excluding carboxylic acids is 5. The van der Waals surface area contributed by atoms with E-state index in [1.807, 2.05) is 61.5 Å². The third-order valence-electron chi connectivity index (χ3n) is 7.78. The summed E-state index contributed by atoms with van der Waals surface area (Å²) in [5.41, 5.74) is 3.35. The number of carbonyl (C=O) groups is 6. The van der Waals surface area contributed by atoms with Gasteiger partial charge < -0.3 is 34.7 Å². The fourth-order valence-corrected chi connectivity index (χ4v) is 6.86. The third-order valence-corrected chi connectivity index (χ3v) is 9.79. The van der Waals surface area contributed by atoms with Crippen LogP contribution in [0.15, 0.2) is 78.9 Å². The molecule has 0 saturated heterocycles. The molecule has 0 saturated carbocycles. The third kappa shape index (κ3) is 14.6. The summed E-state index contributed by atoms with van der Waals surface area (Å²) >= 11 is 5.34. The lowest BCUT2D eigenvalue weighted by Gasteiger charge is -2.36. The molecule has 304 valence electrons. The summed E-state index contributed by atoms with van der Waals surface area (Å²) in [5, 5.41) is 13.5. The minimum absolute atomic E-state index is 0.0464. The number of thiol groups is 1. The SMILES string of the molecule is CC(=O)N[C@@H](CS)C(=O)O[C@H](C)C(=O)O.COc1ccc(C(SC[C@H](NC(C)=O)C(=O)O[C@H](C)C(=O)OC(C)(C)C)(c2ccccc2)c2ccc(C)cc2)cc1. The lowest BCUT2D eigenvalue weighted by Crippen LogP contribution is -2.46. The number of carboxylic acids is 1. The monoisotopic (exact) mass is 812 g/mol. The van der Waals surface area contributed by atoms with Gasteiger partial charge in [-0.1, -0.05) is 72.3 Å².